The highest BCUT2D eigenvalue weighted by Crippen LogP contribution is 2.49. The van der Waals surface area contributed by atoms with E-state index < -0.39 is 11.6 Å². The monoisotopic (exact) mass is 318 g/mol. The molecule has 1 saturated carbocycles. The average molecular weight is 319 g/mol. The van der Waals surface area contributed by atoms with Gasteiger partial charge in [0.25, 0.3) is 0 Å². The van der Waals surface area contributed by atoms with Crippen LogP contribution in [0.3, 0.4) is 0 Å². The quantitative estimate of drug-likeness (QED) is 0.497. The smallest absolute Gasteiger partial charge is 0.200 e. The lowest BCUT2D eigenvalue weighted by molar-refractivity contribution is 0.226. The third kappa shape index (κ3) is 2.98. The van der Waals surface area contributed by atoms with Crippen LogP contribution in [0.1, 0.15) is 19.3 Å². The van der Waals surface area contributed by atoms with Gasteiger partial charge >= 0.3 is 0 Å². The zero-order valence-electron chi connectivity index (χ0n) is 9.60. The number of amidine groups is 1. The van der Waals surface area contributed by atoms with E-state index in [1.54, 1.807) is 0 Å². The standard InChI is InChI=1S/C12H13BrF2N2O/c13-7-3-8(14)11(15)9(4-7)18-6-12(1-2-12)5-10(16)17/h3-4H,1-2,5-6H2,(H3,16,17). The maximum absolute atomic E-state index is 13.5. The fourth-order valence-corrected chi connectivity index (χ4v) is 2.23. The summed E-state index contributed by atoms with van der Waals surface area (Å²) in [6, 6.07) is 2.44. The van der Waals surface area contributed by atoms with E-state index in [0.29, 0.717) is 10.9 Å². The second kappa shape index (κ2) is 4.84. The molecule has 0 aliphatic heterocycles. The highest BCUT2D eigenvalue weighted by molar-refractivity contribution is 9.10. The number of ether oxygens (including phenoxy) is 1. The molecule has 0 heterocycles. The second-order valence-corrected chi connectivity index (χ2v) is 5.61. The van der Waals surface area contributed by atoms with Crippen LogP contribution in [0.25, 0.3) is 0 Å². The fourth-order valence-electron chi connectivity index (χ4n) is 1.82. The summed E-state index contributed by atoms with van der Waals surface area (Å²) in [7, 11) is 0. The molecule has 0 atom stereocenters. The Hall–Kier alpha value is -1.17. The van der Waals surface area contributed by atoms with E-state index in [1.165, 1.54) is 6.07 Å². The summed E-state index contributed by atoms with van der Waals surface area (Å²) in [4.78, 5) is 0. The van der Waals surface area contributed by atoms with Crippen molar-refractivity contribution >= 4 is 21.8 Å². The Bertz CT molecular complexity index is 489. The van der Waals surface area contributed by atoms with Gasteiger partial charge in [0, 0.05) is 16.3 Å². The van der Waals surface area contributed by atoms with Gasteiger partial charge in [-0.15, -0.1) is 0 Å². The zero-order valence-corrected chi connectivity index (χ0v) is 11.2. The summed E-state index contributed by atoms with van der Waals surface area (Å²) in [5.41, 5.74) is 5.18. The maximum atomic E-state index is 13.5. The van der Waals surface area contributed by atoms with Crippen molar-refractivity contribution in [3.63, 3.8) is 0 Å². The van der Waals surface area contributed by atoms with E-state index in [9.17, 15) is 8.78 Å². The number of halogens is 3. The van der Waals surface area contributed by atoms with Crippen LogP contribution in [-0.4, -0.2) is 12.4 Å². The molecule has 0 radical (unpaired) electrons. The maximum Gasteiger partial charge on any atom is 0.200 e. The average Bonchev–Trinajstić information content (AvgIpc) is 3.01. The molecule has 3 N–H and O–H groups in total. The van der Waals surface area contributed by atoms with Crippen molar-refractivity contribution in [1.29, 1.82) is 5.41 Å². The van der Waals surface area contributed by atoms with Gasteiger partial charge in [-0.25, -0.2) is 4.39 Å². The first-order chi connectivity index (χ1) is 8.42. The van der Waals surface area contributed by atoms with E-state index in [4.69, 9.17) is 15.9 Å². The minimum Gasteiger partial charge on any atom is -0.490 e. The summed E-state index contributed by atoms with van der Waals surface area (Å²) in [6.45, 7) is 0.249. The van der Waals surface area contributed by atoms with Gasteiger partial charge in [0.05, 0.1) is 12.4 Å². The Balaban J connectivity index is 2.05. The van der Waals surface area contributed by atoms with Gasteiger partial charge in [0.1, 0.15) is 0 Å². The van der Waals surface area contributed by atoms with Crippen LogP contribution >= 0.6 is 15.9 Å². The van der Waals surface area contributed by atoms with E-state index in [1.807, 2.05) is 0 Å². The number of nitrogens with two attached hydrogens (primary N) is 1. The van der Waals surface area contributed by atoms with Crippen LogP contribution in [0.5, 0.6) is 5.75 Å². The number of nitrogens with one attached hydrogen (secondary N) is 1. The lowest BCUT2D eigenvalue weighted by Crippen LogP contribution is -2.22. The lowest BCUT2D eigenvalue weighted by Gasteiger charge is -2.16. The van der Waals surface area contributed by atoms with Gasteiger partial charge in [-0.3, -0.25) is 5.41 Å². The Labute approximate surface area is 112 Å². The molecule has 6 heteroatoms. The first kappa shape index (κ1) is 13.3. The van der Waals surface area contributed by atoms with Crippen molar-refractivity contribution in [2.24, 2.45) is 11.1 Å². The van der Waals surface area contributed by atoms with E-state index in [0.717, 1.165) is 18.9 Å². The molecule has 1 fully saturated rings. The summed E-state index contributed by atoms with van der Waals surface area (Å²) >= 11 is 3.08. The molecule has 2 rings (SSSR count). The van der Waals surface area contributed by atoms with Gasteiger partial charge in [-0.1, -0.05) is 15.9 Å². The molecule has 1 aliphatic rings. The highest BCUT2D eigenvalue weighted by Gasteiger charge is 2.44. The van der Waals surface area contributed by atoms with Crippen molar-refractivity contribution < 1.29 is 13.5 Å². The largest absolute Gasteiger partial charge is 0.490 e. The molecule has 1 aromatic carbocycles. The Morgan fingerprint density at radius 3 is 2.67 bits per heavy atom. The van der Waals surface area contributed by atoms with Gasteiger partial charge in [-0.2, -0.15) is 4.39 Å². The van der Waals surface area contributed by atoms with Crippen LogP contribution in [0.2, 0.25) is 0 Å². The summed E-state index contributed by atoms with van der Waals surface area (Å²) in [6.07, 6.45) is 2.22. The van der Waals surface area contributed by atoms with Crippen LogP contribution in [0.4, 0.5) is 8.78 Å². The predicted octanol–water partition coefficient (Wildman–Crippen LogP) is 3.21. The van der Waals surface area contributed by atoms with Crippen LogP contribution in [0.15, 0.2) is 16.6 Å². The molecule has 0 amide bonds. The predicted molar refractivity (Wildman–Crippen MR) is 67.8 cm³/mol. The molecule has 1 aliphatic carbocycles. The fraction of sp³-hybridized carbons (Fsp3) is 0.417. The third-order valence-electron chi connectivity index (χ3n) is 3.02. The zero-order chi connectivity index (χ0) is 13.3. The SMILES string of the molecule is N=C(N)CC1(COc2cc(Br)cc(F)c2F)CC1. The molecule has 3 nitrogen and oxygen atoms in total. The second-order valence-electron chi connectivity index (χ2n) is 4.69. The third-order valence-corrected chi connectivity index (χ3v) is 3.47. The number of hydrogen-bond acceptors (Lipinski definition) is 2. The molecule has 0 aromatic heterocycles. The number of rotatable bonds is 5. The lowest BCUT2D eigenvalue weighted by atomic mass is 10.0. The van der Waals surface area contributed by atoms with Crippen LogP contribution < -0.4 is 10.5 Å². The molecule has 18 heavy (non-hydrogen) atoms. The molecule has 0 spiro atoms. The molecule has 1 aromatic rings. The molecule has 98 valence electrons. The van der Waals surface area contributed by atoms with Crippen LogP contribution in [0, 0.1) is 22.5 Å². The van der Waals surface area contributed by atoms with Crippen molar-refractivity contribution in [2.45, 2.75) is 19.3 Å². The summed E-state index contributed by atoms with van der Waals surface area (Å²) < 4.78 is 32.4. The van der Waals surface area contributed by atoms with Gasteiger partial charge in [0.15, 0.2) is 11.6 Å². The van der Waals surface area contributed by atoms with Crippen molar-refractivity contribution in [3.05, 3.63) is 28.2 Å². The van der Waals surface area contributed by atoms with Gasteiger partial charge in [0.2, 0.25) is 5.82 Å². The summed E-state index contributed by atoms with van der Waals surface area (Å²) in [5.74, 6) is -1.96. The molecule has 0 unspecified atom stereocenters. The number of hydrogen-bond donors (Lipinski definition) is 2. The molecule has 0 bridgehead atoms. The van der Waals surface area contributed by atoms with Crippen molar-refractivity contribution in [3.8, 4) is 5.75 Å². The van der Waals surface area contributed by atoms with Crippen molar-refractivity contribution in [1.82, 2.24) is 0 Å². The minimum absolute atomic E-state index is 0.0944. The van der Waals surface area contributed by atoms with Crippen LogP contribution in [-0.2, 0) is 0 Å². The Morgan fingerprint density at radius 1 is 1.44 bits per heavy atom. The topological polar surface area (TPSA) is 59.1 Å². The Morgan fingerprint density at radius 2 is 2.11 bits per heavy atom. The number of benzene rings is 1. The van der Waals surface area contributed by atoms with Crippen molar-refractivity contribution in [2.75, 3.05) is 6.61 Å². The van der Waals surface area contributed by atoms with Gasteiger partial charge in [-0.05, 0) is 25.0 Å². The highest BCUT2D eigenvalue weighted by atomic mass is 79.9. The molecule has 0 saturated heterocycles. The molecular formula is C12H13BrF2N2O. The van der Waals surface area contributed by atoms with E-state index >= 15 is 0 Å². The first-order valence-electron chi connectivity index (χ1n) is 5.52. The normalized spacial score (nSPS) is 16.4. The van der Waals surface area contributed by atoms with E-state index in [-0.39, 0.29) is 23.6 Å². The van der Waals surface area contributed by atoms with Gasteiger partial charge < -0.3 is 10.5 Å². The minimum atomic E-state index is -0.989. The Kier molecular flexibility index (Phi) is 3.56. The first-order valence-corrected chi connectivity index (χ1v) is 6.31. The summed E-state index contributed by atoms with van der Waals surface area (Å²) in [5, 5.41) is 7.26. The molecular weight excluding hydrogens is 306 g/mol. The van der Waals surface area contributed by atoms with E-state index in [2.05, 4.69) is 15.9 Å².